The summed E-state index contributed by atoms with van der Waals surface area (Å²) in [5, 5.41) is 9.26. The number of aromatic nitrogens is 3. The van der Waals surface area contributed by atoms with Crippen LogP contribution in [-0.4, -0.2) is 44.8 Å². The van der Waals surface area contributed by atoms with Gasteiger partial charge in [-0.2, -0.15) is 5.10 Å². The van der Waals surface area contributed by atoms with E-state index in [-0.39, 0.29) is 5.91 Å². The highest BCUT2D eigenvalue weighted by atomic mass is 16.5. The fraction of sp³-hybridized carbons (Fsp3) is 0.476. The standard InChI is InChI=1S/C21H25N5O3/c1-3-26-20-16(10-22-26)19(24-14-4-7-28-8-5-14)17(13(2)23-20)11-25-12-18-15(21(25)27)6-9-29-18/h6,9-10,14H,3-5,7-8,11-12H2,1-2H3,(H,23,24). The van der Waals surface area contributed by atoms with Crippen LogP contribution in [-0.2, 0) is 24.4 Å². The molecule has 2 aliphatic heterocycles. The Morgan fingerprint density at radius 2 is 2.14 bits per heavy atom. The van der Waals surface area contributed by atoms with E-state index in [9.17, 15) is 4.79 Å². The van der Waals surface area contributed by atoms with Crippen molar-refractivity contribution < 1.29 is 13.9 Å². The van der Waals surface area contributed by atoms with Crippen molar-refractivity contribution in [2.75, 3.05) is 18.5 Å². The van der Waals surface area contributed by atoms with E-state index < -0.39 is 0 Å². The molecule has 2 aliphatic rings. The normalized spacial score (nSPS) is 17.3. The minimum Gasteiger partial charge on any atom is -0.467 e. The van der Waals surface area contributed by atoms with Crippen LogP contribution < -0.4 is 5.32 Å². The minimum atomic E-state index is 0.00881. The summed E-state index contributed by atoms with van der Waals surface area (Å²) in [5.74, 6) is 0.744. The molecule has 29 heavy (non-hydrogen) atoms. The summed E-state index contributed by atoms with van der Waals surface area (Å²) >= 11 is 0. The smallest absolute Gasteiger partial charge is 0.258 e. The van der Waals surface area contributed by atoms with Gasteiger partial charge in [0.15, 0.2) is 5.65 Å². The van der Waals surface area contributed by atoms with Crippen LogP contribution in [0.2, 0.25) is 0 Å². The second kappa shape index (κ2) is 7.18. The van der Waals surface area contributed by atoms with Crippen molar-refractivity contribution in [2.24, 2.45) is 0 Å². The lowest BCUT2D eigenvalue weighted by atomic mass is 10.0. The summed E-state index contributed by atoms with van der Waals surface area (Å²) in [6.45, 7) is 7.33. The summed E-state index contributed by atoms with van der Waals surface area (Å²) in [7, 11) is 0. The number of furan rings is 1. The van der Waals surface area contributed by atoms with Gasteiger partial charge in [0, 0.05) is 37.1 Å². The van der Waals surface area contributed by atoms with Crippen molar-refractivity contribution in [1.29, 1.82) is 0 Å². The number of pyridine rings is 1. The molecule has 3 aromatic heterocycles. The van der Waals surface area contributed by atoms with E-state index in [4.69, 9.17) is 14.1 Å². The van der Waals surface area contributed by atoms with Gasteiger partial charge in [-0.1, -0.05) is 0 Å². The Hall–Kier alpha value is -2.87. The Kier molecular flexibility index (Phi) is 4.50. The molecular formula is C21H25N5O3. The van der Waals surface area contributed by atoms with Gasteiger partial charge in [0.1, 0.15) is 5.76 Å². The number of carbonyl (C=O) groups is 1. The number of rotatable bonds is 5. The van der Waals surface area contributed by atoms with Gasteiger partial charge in [-0.15, -0.1) is 0 Å². The van der Waals surface area contributed by atoms with Crippen molar-refractivity contribution in [3.05, 3.63) is 41.1 Å². The number of fused-ring (bicyclic) bond motifs is 2. The molecule has 3 aromatic rings. The first-order valence-corrected chi connectivity index (χ1v) is 10.2. The molecule has 0 atom stereocenters. The Morgan fingerprint density at radius 1 is 1.31 bits per heavy atom. The molecule has 8 nitrogen and oxygen atoms in total. The molecule has 1 N–H and O–H groups in total. The molecule has 152 valence electrons. The summed E-state index contributed by atoms with van der Waals surface area (Å²) in [6.07, 6.45) is 5.38. The molecule has 1 fully saturated rings. The third-order valence-corrected chi connectivity index (χ3v) is 5.91. The summed E-state index contributed by atoms with van der Waals surface area (Å²) in [6, 6.07) is 2.08. The zero-order chi connectivity index (χ0) is 20.0. The number of ether oxygens (including phenoxy) is 1. The highest BCUT2D eigenvalue weighted by molar-refractivity contribution is 5.98. The molecular weight excluding hydrogens is 370 g/mol. The maximum atomic E-state index is 12.8. The van der Waals surface area contributed by atoms with Crippen LogP contribution in [0.15, 0.2) is 22.9 Å². The number of hydrogen-bond donors (Lipinski definition) is 1. The van der Waals surface area contributed by atoms with Gasteiger partial charge in [0.05, 0.1) is 42.2 Å². The first-order chi connectivity index (χ1) is 14.2. The fourth-order valence-corrected chi connectivity index (χ4v) is 4.27. The molecule has 1 amide bonds. The van der Waals surface area contributed by atoms with E-state index in [2.05, 4.69) is 17.3 Å². The van der Waals surface area contributed by atoms with Crippen LogP contribution in [0, 0.1) is 6.92 Å². The van der Waals surface area contributed by atoms with Crippen molar-refractivity contribution in [1.82, 2.24) is 19.7 Å². The number of aryl methyl sites for hydroxylation is 2. The molecule has 0 spiro atoms. The average molecular weight is 395 g/mol. The van der Waals surface area contributed by atoms with Crippen molar-refractivity contribution in [3.63, 3.8) is 0 Å². The van der Waals surface area contributed by atoms with E-state index in [0.29, 0.717) is 24.7 Å². The lowest BCUT2D eigenvalue weighted by Gasteiger charge is -2.27. The zero-order valence-corrected chi connectivity index (χ0v) is 16.8. The van der Waals surface area contributed by atoms with Gasteiger partial charge in [0.25, 0.3) is 5.91 Å². The maximum Gasteiger partial charge on any atom is 0.258 e. The first-order valence-electron chi connectivity index (χ1n) is 10.2. The van der Waals surface area contributed by atoms with Gasteiger partial charge in [-0.25, -0.2) is 9.67 Å². The van der Waals surface area contributed by atoms with Crippen LogP contribution in [0.25, 0.3) is 11.0 Å². The molecule has 1 saturated heterocycles. The van der Waals surface area contributed by atoms with Crippen molar-refractivity contribution >= 4 is 22.6 Å². The van der Waals surface area contributed by atoms with Crippen molar-refractivity contribution in [2.45, 2.75) is 52.4 Å². The van der Waals surface area contributed by atoms with Gasteiger partial charge < -0.3 is 19.4 Å². The maximum absolute atomic E-state index is 12.8. The SMILES string of the molecule is CCn1ncc2c(NC3CCOCC3)c(CN3Cc4occc4C3=O)c(C)nc21. The van der Waals surface area contributed by atoms with Gasteiger partial charge in [-0.3, -0.25) is 4.79 Å². The molecule has 0 aromatic carbocycles. The molecule has 0 bridgehead atoms. The highest BCUT2D eigenvalue weighted by Gasteiger charge is 2.31. The highest BCUT2D eigenvalue weighted by Crippen LogP contribution is 2.33. The van der Waals surface area contributed by atoms with Crippen LogP contribution in [0.1, 0.15) is 47.1 Å². The lowest BCUT2D eigenvalue weighted by molar-refractivity contribution is 0.0762. The van der Waals surface area contributed by atoms with E-state index in [0.717, 1.165) is 66.3 Å². The third-order valence-electron chi connectivity index (χ3n) is 5.91. The number of hydrogen-bond acceptors (Lipinski definition) is 6. The van der Waals surface area contributed by atoms with Crippen LogP contribution >= 0.6 is 0 Å². The second-order valence-corrected chi connectivity index (χ2v) is 7.70. The Morgan fingerprint density at radius 3 is 2.90 bits per heavy atom. The topological polar surface area (TPSA) is 85.4 Å². The average Bonchev–Trinajstić information content (AvgIpc) is 3.42. The van der Waals surface area contributed by atoms with Gasteiger partial charge in [0.2, 0.25) is 0 Å². The molecule has 5 rings (SSSR count). The summed E-state index contributed by atoms with van der Waals surface area (Å²) in [5.41, 5.74) is 4.53. The quantitative estimate of drug-likeness (QED) is 0.715. The number of nitrogens with zero attached hydrogens (tertiary/aromatic N) is 4. The molecule has 8 heteroatoms. The number of carbonyl (C=O) groups excluding carboxylic acids is 1. The van der Waals surface area contributed by atoms with Crippen LogP contribution in [0.3, 0.4) is 0 Å². The van der Waals surface area contributed by atoms with Crippen LogP contribution in [0.5, 0.6) is 0 Å². The van der Waals surface area contributed by atoms with Crippen LogP contribution in [0.4, 0.5) is 5.69 Å². The monoisotopic (exact) mass is 395 g/mol. The largest absolute Gasteiger partial charge is 0.467 e. The summed E-state index contributed by atoms with van der Waals surface area (Å²) < 4.78 is 12.9. The van der Waals surface area contributed by atoms with Gasteiger partial charge in [-0.05, 0) is 32.8 Å². The first kappa shape index (κ1) is 18.2. The Labute approximate surface area is 168 Å². The Balaban J connectivity index is 1.54. The third kappa shape index (κ3) is 3.07. The predicted molar refractivity (Wildman–Crippen MR) is 108 cm³/mol. The number of anilines is 1. The number of amides is 1. The van der Waals surface area contributed by atoms with Gasteiger partial charge >= 0.3 is 0 Å². The molecule has 0 aliphatic carbocycles. The van der Waals surface area contributed by atoms with Crippen molar-refractivity contribution in [3.8, 4) is 0 Å². The Bertz CT molecular complexity index is 1060. The summed E-state index contributed by atoms with van der Waals surface area (Å²) in [4.78, 5) is 19.4. The molecule has 0 unspecified atom stereocenters. The van der Waals surface area contributed by atoms with E-state index in [1.165, 1.54) is 0 Å². The molecule has 0 radical (unpaired) electrons. The second-order valence-electron chi connectivity index (χ2n) is 7.70. The number of nitrogens with one attached hydrogen (secondary N) is 1. The van der Waals surface area contributed by atoms with E-state index >= 15 is 0 Å². The predicted octanol–water partition coefficient (Wildman–Crippen LogP) is 3.10. The van der Waals surface area contributed by atoms with E-state index in [1.807, 2.05) is 22.7 Å². The molecule has 0 saturated carbocycles. The van der Waals surface area contributed by atoms with E-state index in [1.54, 1.807) is 12.3 Å². The fourth-order valence-electron chi connectivity index (χ4n) is 4.27. The molecule has 5 heterocycles. The minimum absolute atomic E-state index is 0.00881. The lowest BCUT2D eigenvalue weighted by Crippen LogP contribution is -2.30. The zero-order valence-electron chi connectivity index (χ0n) is 16.8.